The molecule has 1 aromatic rings. The standard InChI is InChI=1S/C19H30N2O2S/c1-3-4-13-20-14-5-6-15-21-16-7-8-17-24(22,23)19-11-9-18(2)10-12-19/h3,8-12,17,20-21H,1,4-7,13-16H2,2H3. The minimum atomic E-state index is -3.31. The molecule has 0 heterocycles. The van der Waals surface area contributed by atoms with Gasteiger partial charge in [-0.2, -0.15) is 0 Å². The number of sulfone groups is 1. The SMILES string of the molecule is C=CCCNCCCCNCCC=CS(=O)(=O)c1ccc(C)cc1. The van der Waals surface area contributed by atoms with Gasteiger partial charge in [-0.3, -0.25) is 0 Å². The Hall–Kier alpha value is -1.43. The number of aryl methyl sites for hydroxylation is 1. The molecule has 0 spiro atoms. The van der Waals surface area contributed by atoms with E-state index in [1.54, 1.807) is 18.2 Å². The summed E-state index contributed by atoms with van der Waals surface area (Å²) < 4.78 is 24.2. The molecule has 1 aromatic carbocycles. The summed E-state index contributed by atoms with van der Waals surface area (Å²) in [5.41, 5.74) is 1.05. The van der Waals surface area contributed by atoms with Gasteiger partial charge in [0.25, 0.3) is 0 Å². The monoisotopic (exact) mass is 350 g/mol. The minimum Gasteiger partial charge on any atom is -0.316 e. The molecule has 24 heavy (non-hydrogen) atoms. The summed E-state index contributed by atoms with van der Waals surface area (Å²) in [4.78, 5) is 0.348. The van der Waals surface area contributed by atoms with Gasteiger partial charge in [0.1, 0.15) is 0 Å². The zero-order valence-electron chi connectivity index (χ0n) is 14.6. The number of unbranched alkanes of at least 4 members (excludes halogenated alkanes) is 1. The highest BCUT2D eigenvalue weighted by Crippen LogP contribution is 2.13. The molecule has 0 unspecified atom stereocenters. The number of benzene rings is 1. The van der Waals surface area contributed by atoms with Crippen molar-refractivity contribution in [3.8, 4) is 0 Å². The molecule has 0 amide bonds. The zero-order valence-corrected chi connectivity index (χ0v) is 15.4. The Bertz CT molecular complexity index is 592. The summed E-state index contributed by atoms with van der Waals surface area (Å²) in [6.45, 7) is 9.41. The molecule has 4 nitrogen and oxygen atoms in total. The van der Waals surface area contributed by atoms with Gasteiger partial charge in [0.15, 0.2) is 9.84 Å². The van der Waals surface area contributed by atoms with Crippen LogP contribution in [0.3, 0.4) is 0 Å². The van der Waals surface area contributed by atoms with E-state index in [-0.39, 0.29) is 0 Å². The second-order valence-electron chi connectivity index (χ2n) is 5.80. The Kier molecular flexibility index (Phi) is 10.3. The molecule has 2 N–H and O–H groups in total. The van der Waals surface area contributed by atoms with E-state index in [0.29, 0.717) is 11.3 Å². The molecule has 0 bridgehead atoms. The fourth-order valence-corrected chi connectivity index (χ4v) is 3.20. The summed E-state index contributed by atoms with van der Waals surface area (Å²) in [5.74, 6) is 0. The Morgan fingerprint density at radius 3 is 2.12 bits per heavy atom. The van der Waals surface area contributed by atoms with E-state index in [0.717, 1.165) is 51.0 Å². The van der Waals surface area contributed by atoms with Gasteiger partial charge in [0, 0.05) is 5.41 Å². The van der Waals surface area contributed by atoms with E-state index >= 15 is 0 Å². The topological polar surface area (TPSA) is 58.2 Å². The summed E-state index contributed by atoms with van der Waals surface area (Å²) in [5, 5.41) is 8.00. The molecule has 0 aliphatic carbocycles. The van der Waals surface area contributed by atoms with Gasteiger partial charge < -0.3 is 10.6 Å². The molecule has 0 aliphatic rings. The predicted molar refractivity (Wildman–Crippen MR) is 102 cm³/mol. The van der Waals surface area contributed by atoms with E-state index < -0.39 is 9.84 Å². The third-order valence-corrected chi connectivity index (χ3v) is 5.08. The fourth-order valence-electron chi connectivity index (χ4n) is 2.14. The third kappa shape index (κ3) is 9.01. The lowest BCUT2D eigenvalue weighted by Gasteiger charge is -2.04. The molecule has 0 radical (unpaired) electrons. The van der Waals surface area contributed by atoms with Gasteiger partial charge >= 0.3 is 0 Å². The Morgan fingerprint density at radius 2 is 1.54 bits per heavy atom. The molecule has 5 heteroatoms. The molecule has 0 aromatic heterocycles. The number of hydrogen-bond donors (Lipinski definition) is 2. The lowest BCUT2D eigenvalue weighted by atomic mass is 10.2. The lowest BCUT2D eigenvalue weighted by Crippen LogP contribution is -2.20. The molecule has 0 saturated carbocycles. The van der Waals surface area contributed by atoms with Gasteiger partial charge in [-0.1, -0.05) is 29.8 Å². The first-order valence-corrected chi connectivity index (χ1v) is 10.1. The van der Waals surface area contributed by atoms with Crippen LogP contribution in [0.15, 0.2) is 53.3 Å². The highest BCUT2D eigenvalue weighted by Gasteiger charge is 2.08. The Balaban J connectivity index is 2.11. The van der Waals surface area contributed by atoms with E-state index in [1.165, 1.54) is 5.41 Å². The van der Waals surface area contributed by atoms with E-state index in [1.807, 2.05) is 25.1 Å². The highest BCUT2D eigenvalue weighted by atomic mass is 32.2. The van der Waals surface area contributed by atoms with Gasteiger partial charge in [-0.25, -0.2) is 8.42 Å². The quantitative estimate of drug-likeness (QED) is 0.424. The van der Waals surface area contributed by atoms with Gasteiger partial charge in [-0.05, 0) is 70.9 Å². The second kappa shape index (κ2) is 12.0. The molecule has 0 atom stereocenters. The van der Waals surface area contributed by atoms with Crippen LogP contribution in [-0.2, 0) is 9.84 Å². The Labute approximate surface area is 147 Å². The molecule has 1 rings (SSSR count). The number of nitrogens with one attached hydrogen (secondary N) is 2. The Morgan fingerprint density at radius 1 is 0.958 bits per heavy atom. The molecule has 0 saturated heterocycles. The van der Waals surface area contributed by atoms with E-state index in [2.05, 4.69) is 17.2 Å². The molecule has 134 valence electrons. The smallest absolute Gasteiger partial charge is 0.199 e. The van der Waals surface area contributed by atoms with Crippen LogP contribution in [0.2, 0.25) is 0 Å². The summed E-state index contributed by atoms with van der Waals surface area (Å²) in [6.07, 6.45) is 7.62. The van der Waals surface area contributed by atoms with Crippen LogP contribution < -0.4 is 10.6 Å². The highest BCUT2D eigenvalue weighted by molar-refractivity contribution is 7.94. The van der Waals surface area contributed by atoms with Crippen LogP contribution in [-0.4, -0.2) is 34.6 Å². The third-order valence-electron chi connectivity index (χ3n) is 3.60. The zero-order chi connectivity index (χ0) is 17.7. The van der Waals surface area contributed by atoms with Crippen molar-refractivity contribution in [2.24, 2.45) is 0 Å². The van der Waals surface area contributed by atoms with Crippen molar-refractivity contribution in [1.29, 1.82) is 0 Å². The first kappa shape index (κ1) is 20.6. The van der Waals surface area contributed by atoms with Crippen LogP contribution in [0.25, 0.3) is 0 Å². The van der Waals surface area contributed by atoms with Crippen molar-refractivity contribution in [3.63, 3.8) is 0 Å². The van der Waals surface area contributed by atoms with E-state index in [4.69, 9.17) is 0 Å². The number of rotatable bonds is 13. The van der Waals surface area contributed by atoms with E-state index in [9.17, 15) is 8.42 Å². The van der Waals surface area contributed by atoms with Crippen molar-refractivity contribution >= 4 is 9.84 Å². The maximum Gasteiger partial charge on any atom is 0.199 e. The summed E-state index contributed by atoms with van der Waals surface area (Å²) in [7, 11) is -3.31. The molecule has 0 aliphatic heterocycles. The lowest BCUT2D eigenvalue weighted by molar-refractivity contribution is 0.587. The van der Waals surface area contributed by atoms with Crippen LogP contribution >= 0.6 is 0 Å². The van der Waals surface area contributed by atoms with Crippen molar-refractivity contribution in [2.75, 3.05) is 26.2 Å². The van der Waals surface area contributed by atoms with Crippen molar-refractivity contribution < 1.29 is 8.42 Å². The van der Waals surface area contributed by atoms with Crippen LogP contribution in [0.4, 0.5) is 0 Å². The first-order valence-electron chi connectivity index (χ1n) is 8.57. The van der Waals surface area contributed by atoms with Crippen LogP contribution in [0.5, 0.6) is 0 Å². The van der Waals surface area contributed by atoms with Crippen LogP contribution in [0, 0.1) is 6.92 Å². The average molecular weight is 351 g/mol. The summed E-state index contributed by atoms with van der Waals surface area (Å²) in [6, 6.07) is 6.93. The minimum absolute atomic E-state index is 0.348. The fraction of sp³-hybridized carbons (Fsp3) is 0.474. The van der Waals surface area contributed by atoms with Crippen molar-refractivity contribution in [2.45, 2.75) is 37.5 Å². The van der Waals surface area contributed by atoms with Crippen molar-refractivity contribution in [1.82, 2.24) is 10.6 Å². The predicted octanol–water partition coefficient (Wildman–Crippen LogP) is 3.21. The summed E-state index contributed by atoms with van der Waals surface area (Å²) >= 11 is 0. The van der Waals surface area contributed by atoms with Crippen molar-refractivity contribution in [3.05, 3.63) is 54.0 Å². The van der Waals surface area contributed by atoms with Crippen LogP contribution in [0.1, 0.15) is 31.2 Å². The normalized spacial score (nSPS) is 11.9. The van der Waals surface area contributed by atoms with Gasteiger partial charge in [0.2, 0.25) is 0 Å². The molecular formula is C19H30N2O2S. The molecule has 0 fully saturated rings. The van der Waals surface area contributed by atoms with Gasteiger partial charge in [-0.15, -0.1) is 6.58 Å². The maximum absolute atomic E-state index is 12.1. The largest absolute Gasteiger partial charge is 0.316 e. The maximum atomic E-state index is 12.1. The molecular weight excluding hydrogens is 320 g/mol. The van der Waals surface area contributed by atoms with Gasteiger partial charge in [0.05, 0.1) is 4.90 Å². The second-order valence-corrected chi connectivity index (χ2v) is 7.64. The number of hydrogen-bond acceptors (Lipinski definition) is 4. The average Bonchev–Trinajstić information content (AvgIpc) is 2.56. The first-order chi connectivity index (χ1) is 11.6.